The highest BCUT2D eigenvalue weighted by atomic mass is 14.6. The molecule has 0 radical (unpaired) electrons. The van der Waals surface area contributed by atoms with Crippen LogP contribution < -0.4 is 5.73 Å². The summed E-state index contributed by atoms with van der Waals surface area (Å²) in [4.78, 5) is 0. The van der Waals surface area contributed by atoms with Crippen molar-refractivity contribution in [3.8, 4) is 0 Å². The van der Waals surface area contributed by atoms with Gasteiger partial charge in [0.1, 0.15) is 0 Å². The molecule has 2 aliphatic rings. The lowest BCUT2D eigenvalue weighted by Crippen LogP contribution is -2.26. The Bertz CT molecular complexity index is 494. The molecule has 2 atom stereocenters. The van der Waals surface area contributed by atoms with Crippen molar-refractivity contribution in [3.63, 3.8) is 0 Å². The minimum atomic E-state index is 0.191. The molecule has 0 fully saturated rings. The minimum Gasteiger partial charge on any atom is -0.399 e. The zero-order chi connectivity index (χ0) is 11.3. The summed E-state index contributed by atoms with van der Waals surface area (Å²) in [5.74, 6) is 1.02. The van der Waals surface area contributed by atoms with Gasteiger partial charge >= 0.3 is 0 Å². The van der Waals surface area contributed by atoms with Gasteiger partial charge in [-0.15, -0.1) is 0 Å². The van der Waals surface area contributed by atoms with Crippen LogP contribution in [-0.2, 0) is 5.41 Å². The topological polar surface area (TPSA) is 26.0 Å². The van der Waals surface area contributed by atoms with Crippen LogP contribution in [0, 0.1) is 5.92 Å². The van der Waals surface area contributed by atoms with E-state index in [0.29, 0.717) is 11.8 Å². The zero-order valence-electron chi connectivity index (χ0n) is 9.77. The van der Waals surface area contributed by atoms with Gasteiger partial charge in [0.25, 0.3) is 0 Å². The normalized spacial score (nSPS) is 29.5. The lowest BCUT2D eigenvalue weighted by molar-refractivity contribution is 0.392. The summed E-state index contributed by atoms with van der Waals surface area (Å²) in [6, 6.07) is 8.77. The Morgan fingerprint density at radius 2 is 1.94 bits per heavy atom. The molecule has 0 saturated heterocycles. The van der Waals surface area contributed by atoms with Crippen molar-refractivity contribution < 1.29 is 0 Å². The van der Waals surface area contributed by atoms with Gasteiger partial charge in [-0.1, -0.05) is 50.3 Å². The Morgan fingerprint density at radius 3 is 2.75 bits per heavy atom. The lowest BCUT2D eigenvalue weighted by Gasteiger charge is -2.30. The van der Waals surface area contributed by atoms with E-state index in [2.05, 4.69) is 50.3 Å². The molecule has 82 valence electrons. The second-order valence-corrected chi connectivity index (χ2v) is 5.39. The number of benzene rings is 1. The molecule has 1 aromatic rings. The molecule has 16 heavy (non-hydrogen) atoms. The van der Waals surface area contributed by atoms with Crippen LogP contribution in [-0.4, -0.2) is 0 Å². The molecule has 3 rings (SSSR count). The predicted molar refractivity (Wildman–Crippen MR) is 67.1 cm³/mol. The largest absolute Gasteiger partial charge is 0.399 e. The fourth-order valence-electron chi connectivity index (χ4n) is 3.21. The lowest BCUT2D eigenvalue weighted by atomic mass is 9.74. The second kappa shape index (κ2) is 3.00. The SMILES string of the molecule is CC1(C)c2ccccc2C2C=CC(N)=CC21. The molecule has 1 heteroatoms. The summed E-state index contributed by atoms with van der Waals surface area (Å²) in [6.07, 6.45) is 6.53. The molecule has 0 bridgehead atoms. The monoisotopic (exact) mass is 211 g/mol. The first-order chi connectivity index (χ1) is 7.60. The van der Waals surface area contributed by atoms with Crippen LogP contribution in [0.4, 0.5) is 0 Å². The van der Waals surface area contributed by atoms with Gasteiger partial charge in [0.15, 0.2) is 0 Å². The van der Waals surface area contributed by atoms with Crippen molar-refractivity contribution in [2.45, 2.75) is 25.2 Å². The molecular weight excluding hydrogens is 194 g/mol. The second-order valence-electron chi connectivity index (χ2n) is 5.39. The highest BCUT2D eigenvalue weighted by Gasteiger charge is 2.44. The van der Waals surface area contributed by atoms with E-state index in [1.54, 1.807) is 0 Å². The van der Waals surface area contributed by atoms with E-state index in [1.165, 1.54) is 11.1 Å². The van der Waals surface area contributed by atoms with Crippen molar-refractivity contribution in [2.75, 3.05) is 0 Å². The molecular formula is C15H17N. The molecule has 0 heterocycles. The van der Waals surface area contributed by atoms with Crippen LogP contribution in [0.1, 0.15) is 30.9 Å². The van der Waals surface area contributed by atoms with E-state index in [0.717, 1.165) is 5.70 Å². The third-order valence-corrected chi connectivity index (χ3v) is 4.10. The van der Waals surface area contributed by atoms with Crippen LogP contribution in [0.3, 0.4) is 0 Å². The Hall–Kier alpha value is -1.50. The molecule has 0 saturated carbocycles. The smallest absolute Gasteiger partial charge is 0.0273 e. The summed E-state index contributed by atoms with van der Waals surface area (Å²) in [6.45, 7) is 4.64. The van der Waals surface area contributed by atoms with Crippen LogP contribution in [0.2, 0.25) is 0 Å². The van der Waals surface area contributed by atoms with E-state index in [9.17, 15) is 0 Å². The van der Waals surface area contributed by atoms with E-state index in [-0.39, 0.29) is 5.41 Å². The molecule has 0 aromatic heterocycles. The first-order valence-corrected chi connectivity index (χ1v) is 5.85. The first-order valence-electron chi connectivity index (χ1n) is 5.85. The molecule has 2 aliphatic carbocycles. The molecule has 0 amide bonds. The van der Waals surface area contributed by atoms with E-state index >= 15 is 0 Å². The molecule has 2 unspecified atom stereocenters. The molecule has 0 aliphatic heterocycles. The maximum Gasteiger partial charge on any atom is 0.0273 e. The molecule has 1 nitrogen and oxygen atoms in total. The average molecular weight is 211 g/mol. The van der Waals surface area contributed by atoms with Gasteiger partial charge in [-0.25, -0.2) is 0 Å². The van der Waals surface area contributed by atoms with Gasteiger partial charge in [0.05, 0.1) is 0 Å². The van der Waals surface area contributed by atoms with Crippen LogP contribution in [0.5, 0.6) is 0 Å². The van der Waals surface area contributed by atoms with Gasteiger partial charge < -0.3 is 5.73 Å². The van der Waals surface area contributed by atoms with Crippen molar-refractivity contribution >= 4 is 0 Å². The van der Waals surface area contributed by atoms with Crippen LogP contribution in [0.15, 0.2) is 48.2 Å². The summed E-state index contributed by atoms with van der Waals surface area (Å²) in [5.41, 5.74) is 9.96. The standard InChI is InChI=1S/C15H17N/c1-15(2)13-6-4-3-5-11(13)12-8-7-10(16)9-14(12)15/h3-9,12,14H,16H2,1-2H3. The quantitative estimate of drug-likeness (QED) is 0.701. The van der Waals surface area contributed by atoms with Crippen molar-refractivity contribution in [3.05, 3.63) is 59.3 Å². The summed E-state index contributed by atoms with van der Waals surface area (Å²) in [5, 5.41) is 0. The van der Waals surface area contributed by atoms with Gasteiger partial charge in [-0.05, 0) is 28.5 Å². The predicted octanol–water partition coefficient (Wildman–Crippen LogP) is 3.09. The maximum atomic E-state index is 5.92. The molecule has 1 aromatic carbocycles. The number of hydrogen-bond donors (Lipinski definition) is 1. The Morgan fingerprint density at radius 1 is 1.19 bits per heavy atom. The van der Waals surface area contributed by atoms with E-state index in [1.807, 2.05) is 6.08 Å². The summed E-state index contributed by atoms with van der Waals surface area (Å²) >= 11 is 0. The van der Waals surface area contributed by atoms with E-state index in [4.69, 9.17) is 5.73 Å². The van der Waals surface area contributed by atoms with Crippen LogP contribution in [0.25, 0.3) is 0 Å². The van der Waals surface area contributed by atoms with Gasteiger partial charge in [-0.3, -0.25) is 0 Å². The zero-order valence-corrected chi connectivity index (χ0v) is 9.77. The fraction of sp³-hybridized carbons (Fsp3) is 0.333. The molecule has 2 N–H and O–H groups in total. The van der Waals surface area contributed by atoms with Crippen molar-refractivity contribution in [1.82, 2.24) is 0 Å². The average Bonchev–Trinajstić information content (AvgIpc) is 2.49. The van der Waals surface area contributed by atoms with E-state index < -0.39 is 0 Å². The van der Waals surface area contributed by atoms with Crippen molar-refractivity contribution in [1.29, 1.82) is 0 Å². The highest BCUT2D eigenvalue weighted by Crippen LogP contribution is 2.52. The Balaban J connectivity index is 2.21. The van der Waals surface area contributed by atoms with Gasteiger partial charge in [0, 0.05) is 11.6 Å². The third-order valence-electron chi connectivity index (χ3n) is 4.10. The molecule has 0 spiro atoms. The Labute approximate surface area is 96.7 Å². The number of fused-ring (bicyclic) bond motifs is 3. The summed E-state index contributed by atoms with van der Waals surface area (Å²) < 4.78 is 0. The number of nitrogens with two attached hydrogens (primary N) is 1. The van der Waals surface area contributed by atoms with Gasteiger partial charge in [0.2, 0.25) is 0 Å². The highest BCUT2D eigenvalue weighted by molar-refractivity contribution is 5.49. The third kappa shape index (κ3) is 1.12. The number of hydrogen-bond acceptors (Lipinski definition) is 1. The summed E-state index contributed by atoms with van der Waals surface area (Å²) in [7, 11) is 0. The first kappa shape index (κ1) is 9.71. The van der Waals surface area contributed by atoms with Crippen molar-refractivity contribution in [2.24, 2.45) is 11.7 Å². The van der Waals surface area contributed by atoms with Gasteiger partial charge in [-0.2, -0.15) is 0 Å². The maximum absolute atomic E-state index is 5.92. The number of allylic oxidation sites excluding steroid dienone is 3. The van der Waals surface area contributed by atoms with Crippen LogP contribution >= 0.6 is 0 Å². The Kier molecular flexibility index (Phi) is 1.82. The number of rotatable bonds is 0. The minimum absolute atomic E-state index is 0.191. The fourth-order valence-corrected chi connectivity index (χ4v) is 3.21.